The zero-order chi connectivity index (χ0) is 19.4. The third kappa shape index (κ3) is 3.93. The van der Waals surface area contributed by atoms with Crippen molar-refractivity contribution in [1.29, 1.82) is 5.26 Å². The fourth-order valence-corrected chi connectivity index (χ4v) is 2.62. The fourth-order valence-electron chi connectivity index (χ4n) is 2.62. The second-order valence-corrected chi connectivity index (χ2v) is 6.19. The Morgan fingerprint density at radius 1 is 1.11 bits per heavy atom. The number of carbonyl (C=O) groups is 1. The van der Waals surface area contributed by atoms with Gasteiger partial charge in [-0.3, -0.25) is 9.59 Å². The molecule has 0 fully saturated rings. The molecule has 0 bridgehead atoms. The van der Waals surface area contributed by atoms with Crippen LogP contribution in [0.1, 0.15) is 24.1 Å². The monoisotopic (exact) mass is 358 g/mol. The van der Waals surface area contributed by atoms with E-state index in [1.165, 1.54) is 6.07 Å². The van der Waals surface area contributed by atoms with Crippen LogP contribution in [0.15, 0.2) is 65.5 Å². The van der Waals surface area contributed by atoms with Crippen LogP contribution in [0.4, 0.5) is 5.69 Å². The first-order valence-electron chi connectivity index (χ1n) is 8.46. The van der Waals surface area contributed by atoms with E-state index < -0.39 is 11.9 Å². The molecule has 134 valence electrons. The Labute approximate surface area is 156 Å². The average Bonchev–Trinajstić information content (AvgIpc) is 2.69. The maximum atomic E-state index is 12.6. The molecular formula is C21H18N4O2. The van der Waals surface area contributed by atoms with Gasteiger partial charge in [-0.05, 0) is 32.0 Å². The molecule has 27 heavy (non-hydrogen) atoms. The van der Waals surface area contributed by atoms with E-state index >= 15 is 0 Å². The summed E-state index contributed by atoms with van der Waals surface area (Å²) in [5.41, 5.74) is 2.97. The topological polar surface area (TPSA) is 87.8 Å². The van der Waals surface area contributed by atoms with Gasteiger partial charge in [-0.1, -0.05) is 42.0 Å². The van der Waals surface area contributed by atoms with Gasteiger partial charge in [0.15, 0.2) is 0 Å². The van der Waals surface area contributed by atoms with Crippen LogP contribution in [0.3, 0.4) is 0 Å². The fraction of sp³-hybridized carbons (Fsp3) is 0.143. The lowest BCUT2D eigenvalue weighted by atomic mass is 10.1. The summed E-state index contributed by atoms with van der Waals surface area (Å²) in [4.78, 5) is 24.9. The summed E-state index contributed by atoms with van der Waals surface area (Å²) in [6, 6.07) is 18.7. The molecular weight excluding hydrogens is 340 g/mol. The molecule has 6 heteroatoms. The van der Waals surface area contributed by atoms with Crippen molar-refractivity contribution in [2.45, 2.75) is 19.9 Å². The van der Waals surface area contributed by atoms with Gasteiger partial charge in [0.05, 0.1) is 16.9 Å². The summed E-state index contributed by atoms with van der Waals surface area (Å²) in [5.74, 6) is -0.423. The van der Waals surface area contributed by atoms with Crippen LogP contribution in [0.5, 0.6) is 0 Å². The van der Waals surface area contributed by atoms with Crippen LogP contribution in [-0.2, 0) is 4.79 Å². The number of nitrogens with one attached hydrogen (secondary N) is 1. The predicted molar refractivity (Wildman–Crippen MR) is 103 cm³/mol. The van der Waals surface area contributed by atoms with Crippen LogP contribution >= 0.6 is 0 Å². The molecule has 0 radical (unpaired) electrons. The van der Waals surface area contributed by atoms with Crippen molar-refractivity contribution in [2.24, 2.45) is 0 Å². The van der Waals surface area contributed by atoms with Crippen molar-refractivity contribution in [3.8, 4) is 17.3 Å². The number of benzene rings is 2. The van der Waals surface area contributed by atoms with E-state index in [1.807, 2.05) is 37.3 Å². The number of hydrogen-bond donors (Lipinski definition) is 1. The van der Waals surface area contributed by atoms with Gasteiger partial charge >= 0.3 is 0 Å². The third-order valence-corrected chi connectivity index (χ3v) is 4.22. The predicted octanol–water partition coefficient (Wildman–Crippen LogP) is 3.29. The molecule has 1 N–H and O–H groups in total. The second-order valence-electron chi connectivity index (χ2n) is 6.19. The summed E-state index contributed by atoms with van der Waals surface area (Å²) in [6.45, 7) is 3.58. The number of nitriles is 1. The highest BCUT2D eigenvalue weighted by atomic mass is 16.2. The van der Waals surface area contributed by atoms with E-state index in [0.29, 0.717) is 16.9 Å². The smallest absolute Gasteiger partial charge is 0.267 e. The number of nitrogens with zero attached hydrogens (tertiary/aromatic N) is 3. The molecule has 0 aliphatic rings. The van der Waals surface area contributed by atoms with Gasteiger partial charge in [0.1, 0.15) is 12.1 Å². The Bertz CT molecular complexity index is 1080. The van der Waals surface area contributed by atoms with Crippen molar-refractivity contribution >= 4 is 11.6 Å². The van der Waals surface area contributed by atoms with E-state index in [1.54, 1.807) is 37.3 Å². The average molecular weight is 358 g/mol. The summed E-state index contributed by atoms with van der Waals surface area (Å²) in [5, 5.41) is 16.2. The van der Waals surface area contributed by atoms with Crippen LogP contribution in [-0.4, -0.2) is 15.7 Å². The van der Waals surface area contributed by atoms with Gasteiger partial charge in [0.2, 0.25) is 5.91 Å². The van der Waals surface area contributed by atoms with Gasteiger partial charge in [0, 0.05) is 11.6 Å². The maximum absolute atomic E-state index is 12.6. The summed E-state index contributed by atoms with van der Waals surface area (Å²) in [6.07, 6.45) is 0. The standard InChI is InChI=1S/C21H18N4O2/c1-14-7-9-16(10-8-14)19-11-12-20(26)25(24-19)15(2)21(27)23-18-6-4-3-5-17(18)13-22/h3-12,15H,1-2H3,(H,23,27). The molecule has 1 unspecified atom stereocenters. The van der Waals surface area contributed by atoms with E-state index in [-0.39, 0.29) is 5.56 Å². The molecule has 1 amide bonds. The summed E-state index contributed by atoms with van der Waals surface area (Å²) in [7, 11) is 0. The van der Waals surface area contributed by atoms with Gasteiger partial charge in [-0.2, -0.15) is 10.4 Å². The largest absolute Gasteiger partial charge is 0.323 e. The van der Waals surface area contributed by atoms with E-state index in [4.69, 9.17) is 5.26 Å². The number of hydrogen-bond acceptors (Lipinski definition) is 4. The van der Waals surface area contributed by atoms with Crippen molar-refractivity contribution in [1.82, 2.24) is 9.78 Å². The van der Waals surface area contributed by atoms with Crippen molar-refractivity contribution in [3.05, 3.63) is 82.1 Å². The lowest BCUT2D eigenvalue weighted by molar-refractivity contribution is -0.119. The van der Waals surface area contributed by atoms with Gasteiger partial charge in [-0.15, -0.1) is 0 Å². The van der Waals surface area contributed by atoms with Gasteiger partial charge in [-0.25, -0.2) is 4.68 Å². The highest BCUT2D eigenvalue weighted by Gasteiger charge is 2.19. The molecule has 0 aliphatic heterocycles. The Morgan fingerprint density at radius 3 is 2.52 bits per heavy atom. The second kappa shape index (κ2) is 7.67. The zero-order valence-corrected chi connectivity index (χ0v) is 15.0. The van der Waals surface area contributed by atoms with Crippen molar-refractivity contribution in [3.63, 3.8) is 0 Å². The Balaban J connectivity index is 1.90. The Morgan fingerprint density at radius 2 is 1.81 bits per heavy atom. The lowest BCUT2D eigenvalue weighted by Gasteiger charge is -2.15. The first kappa shape index (κ1) is 18.1. The SMILES string of the molecule is Cc1ccc(-c2ccc(=O)n(C(C)C(=O)Nc3ccccc3C#N)n2)cc1. The molecule has 0 saturated carbocycles. The van der Waals surface area contributed by atoms with Gasteiger partial charge < -0.3 is 5.32 Å². The molecule has 6 nitrogen and oxygen atoms in total. The molecule has 0 spiro atoms. The molecule has 1 atom stereocenters. The van der Waals surface area contributed by atoms with Crippen molar-refractivity contribution in [2.75, 3.05) is 5.32 Å². The number of amides is 1. The zero-order valence-electron chi connectivity index (χ0n) is 15.0. The number of carbonyl (C=O) groups excluding carboxylic acids is 1. The molecule has 3 rings (SSSR count). The number of aryl methyl sites for hydroxylation is 1. The molecule has 0 saturated heterocycles. The van der Waals surface area contributed by atoms with Crippen LogP contribution < -0.4 is 10.9 Å². The minimum Gasteiger partial charge on any atom is -0.323 e. The van der Waals surface area contributed by atoms with Crippen LogP contribution in [0, 0.1) is 18.3 Å². The van der Waals surface area contributed by atoms with E-state index in [9.17, 15) is 9.59 Å². The number of para-hydroxylation sites is 1. The third-order valence-electron chi connectivity index (χ3n) is 4.22. The van der Waals surface area contributed by atoms with E-state index in [0.717, 1.165) is 15.8 Å². The number of anilines is 1. The summed E-state index contributed by atoms with van der Waals surface area (Å²) < 4.78 is 1.15. The highest BCUT2D eigenvalue weighted by Crippen LogP contribution is 2.18. The number of rotatable bonds is 4. The Hall–Kier alpha value is -3.72. The number of aromatic nitrogens is 2. The minimum atomic E-state index is -0.838. The van der Waals surface area contributed by atoms with Crippen LogP contribution in [0.25, 0.3) is 11.3 Å². The molecule has 0 aliphatic carbocycles. The molecule has 1 aromatic heterocycles. The molecule has 3 aromatic rings. The highest BCUT2D eigenvalue weighted by molar-refractivity contribution is 5.94. The first-order chi connectivity index (χ1) is 13.0. The summed E-state index contributed by atoms with van der Waals surface area (Å²) >= 11 is 0. The maximum Gasteiger partial charge on any atom is 0.267 e. The molecule has 2 aromatic carbocycles. The first-order valence-corrected chi connectivity index (χ1v) is 8.46. The Kier molecular flexibility index (Phi) is 5.13. The normalized spacial score (nSPS) is 11.4. The quantitative estimate of drug-likeness (QED) is 0.775. The van der Waals surface area contributed by atoms with Crippen molar-refractivity contribution < 1.29 is 4.79 Å². The van der Waals surface area contributed by atoms with Gasteiger partial charge in [0.25, 0.3) is 5.56 Å². The van der Waals surface area contributed by atoms with Crippen LogP contribution in [0.2, 0.25) is 0 Å². The lowest BCUT2D eigenvalue weighted by Crippen LogP contribution is -2.33. The van der Waals surface area contributed by atoms with E-state index in [2.05, 4.69) is 10.4 Å². The minimum absolute atomic E-state index is 0.353. The molecule has 1 heterocycles.